The molecule has 0 radical (unpaired) electrons. The molecule has 1 aliphatic carbocycles. The van der Waals surface area contributed by atoms with E-state index in [1.165, 1.54) is 52.8 Å². The van der Waals surface area contributed by atoms with E-state index in [9.17, 15) is 0 Å². The molecule has 10 rings (SSSR count). The number of rotatable bonds is 2. The SMILES string of the molecule is c1ccc(-c2nc3ccccc3nc2-n2c3cccc4c3c3c5c(ccc6sc7cccc-4c7c65)ccc32)cc1. The zero-order chi connectivity index (χ0) is 25.9. The Morgan fingerprint density at radius 1 is 0.475 bits per heavy atom. The highest BCUT2D eigenvalue weighted by molar-refractivity contribution is 7.26. The van der Waals surface area contributed by atoms with Crippen molar-refractivity contribution in [2.24, 2.45) is 0 Å². The summed E-state index contributed by atoms with van der Waals surface area (Å²) in [5.74, 6) is 0.859. The van der Waals surface area contributed by atoms with Crippen LogP contribution in [-0.4, -0.2) is 14.5 Å². The number of para-hydroxylation sites is 2. The first-order chi connectivity index (χ1) is 19.8. The standard InChI is InChI=1S/C36H19N3S/c1-2-8-21(9-3-1)35-36(38-25-13-5-4-12-24(25)37-35)39-26-14-6-10-22-23-11-7-15-28-32(23)34-29(40-28)19-17-20-16-18-27(39)33(30(20)34)31(22)26/h1-19H. The molecule has 3 heterocycles. The highest BCUT2D eigenvalue weighted by atomic mass is 32.1. The van der Waals surface area contributed by atoms with Gasteiger partial charge in [0.25, 0.3) is 0 Å². The monoisotopic (exact) mass is 525 g/mol. The van der Waals surface area contributed by atoms with Gasteiger partial charge in [0.15, 0.2) is 5.82 Å². The summed E-state index contributed by atoms with van der Waals surface area (Å²) >= 11 is 1.89. The van der Waals surface area contributed by atoms with Crippen LogP contribution < -0.4 is 0 Å². The zero-order valence-corrected chi connectivity index (χ0v) is 22.0. The van der Waals surface area contributed by atoms with Gasteiger partial charge in [-0.15, -0.1) is 11.3 Å². The lowest BCUT2D eigenvalue weighted by atomic mass is 9.98. The summed E-state index contributed by atoms with van der Waals surface area (Å²) in [6.45, 7) is 0. The van der Waals surface area contributed by atoms with Gasteiger partial charge in [-0.2, -0.15) is 0 Å². The van der Waals surface area contributed by atoms with Crippen molar-refractivity contribution in [2.45, 2.75) is 0 Å². The van der Waals surface area contributed by atoms with Crippen molar-refractivity contribution < 1.29 is 0 Å². The molecule has 3 nitrogen and oxygen atoms in total. The predicted molar refractivity (Wildman–Crippen MR) is 169 cm³/mol. The average molecular weight is 526 g/mol. The highest BCUT2D eigenvalue weighted by Crippen LogP contribution is 2.52. The minimum Gasteiger partial charge on any atom is -0.292 e. The molecule has 0 bridgehead atoms. The Labute approximate surface area is 232 Å². The van der Waals surface area contributed by atoms with Crippen LogP contribution in [0.3, 0.4) is 0 Å². The number of fused-ring (bicyclic) bond motifs is 2. The van der Waals surface area contributed by atoms with E-state index >= 15 is 0 Å². The number of hydrogen-bond donors (Lipinski definition) is 0. The maximum Gasteiger partial charge on any atom is 0.165 e. The third-order valence-electron chi connectivity index (χ3n) is 8.50. The molecule has 184 valence electrons. The molecule has 0 fully saturated rings. The van der Waals surface area contributed by atoms with E-state index in [0.717, 1.165) is 39.1 Å². The Kier molecular flexibility index (Phi) is 3.81. The first-order valence-electron chi connectivity index (χ1n) is 13.5. The van der Waals surface area contributed by atoms with Crippen LogP contribution in [0.2, 0.25) is 0 Å². The molecule has 6 aromatic carbocycles. The molecule has 9 aromatic rings. The normalized spacial score (nSPS) is 12.5. The van der Waals surface area contributed by atoms with Crippen molar-refractivity contribution in [3.05, 3.63) is 115 Å². The quantitative estimate of drug-likeness (QED) is 0.225. The Bertz CT molecular complexity index is 2540. The topological polar surface area (TPSA) is 30.7 Å². The van der Waals surface area contributed by atoms with Crippen LogP contribution >= 0.6 is 11.3 Å². The molecule has 1 aliphatic rings. The van der Waals surface area contributed by atoms with Crippen molar-refractivity contribution in [1.82, 2.24) is 14.5 Å². The van der Waals surface area contributed by atoms with Crippen LogP contribution in [0.4, 0.5) is 0 Å². The summed E-state index contributed by atoms with van der Waals surface area (Å²) in [6.07, 6.45) is 0. The van der Waals surface area contributed by atoms with Crippen molar-refractivity contribution >= 4 is 75.1 Å². The van der Waals surface area contributed by atoms with E-state index in [0.29, 0.717) is 0 Å². The second-order valence-electron chi connectivity index (χ2n) is 10.6. The fraction of sp³-hybridized carbons (Fsp3) is 0. The molecule has 0 aliphatic heterocycles. The molecular weight excluding hydrogens is 506 g/mol. The third kappa shape index (κ3) is 2.50. The Morgan fingerprint density at radius 3 is 2.05 bits per heavy atom. The lowest BCUT2D eigenvalue weighted by molar-refractivity contribution is 1.08. The van der Waals surface area contributed by atoms with E-state index in [2.05, 4.69) is 95.6 Å². The molecule has 40 heavy (non-hydrogen) atoms. The van der Waals surface area contributed by atoms with Gasteiger partial charge in [-0.25, -0.2) is 9.97 Å². The summed E-state index contributed by atoms with van der Waals surface area (Å²) in [4.78, 5) is 10.5. The van der Waals surface area contributed by atoms with Gasteiger partial charge in [0.1, 0.15) is 5.69 Å². The van der Waals surface area contributed by atoms with Gasteiger partial charge in [-0.05, 0) is 52.9 Å². The second-order valence-corrected chi connectivity index (χ2v) is 11.6. The fourth-order valence-electron chi connectivity index (χ4n) is 6.89. The number of nitrogens with zero attached hydrogens (tertiary/aromatic N) is 3. The lowest BCUT2D eigenvalue weighted by Gasteiger charge is -2.14. The molecule has 0 unspecified atom stereocenters. The first-order valence-corrected chi connectivity index (χ1v) is 14.3. The zero-order valence-electron chi connectivity index (χ0n) is 21.2. The van der Waals surface area contributed by atoms with Crippen LogP contribution in [0.25, 0.3) is 92.0 Å². The Morgan fingerprint density at radius 2 is 1.18 bits per heavy atom. The van der Waals surface area contributed by atoms with Crippen molar-refractivity contribution in [1.29, 1.82) is 0 Å². The largest absolute Gasteiger partial charge is 0.292 e. The van der Waals surface area contributed by atoms with Gasteiger partial charge >= 0.3 is 0 Å². The number of hydrogen-bond acceptors (Lipinski definition) is 3. The van der Waals surface area contributed by atoms with E-state index in [4.69, 9.17) is 9.97 Å². The van der Waals surface area contributed by atoms with E-state index in [1.807, 2.05) is 35.6 Å². The summed E-state index contributed by atoms with van der Waals surface area (Å²) < 4.78 is 5.04. The molecule has 0 atom stereocenters. The smallest absolute Gasteiger partial charge is 0.165 e. The van der Waals surface area contributed by atoms with Crippen LogP contribution in [0.1, 0.15) is 0 Å². The van der Waals surface area contributed by atoms with Crippen molar-refractivity contribution in [2.75, 3.05) is 0 Å². The van der Waals surface area contributed by atoms with Gasteiger partial charge in [0.2, 0.25) is 0 Å². The van der Waals surface area contributed by atoms with Crippen molar-refractivity contribution in [3.8, 4) is 28.2 Å². The van der Waals surface area contributed by atoms with Gasteiger partial charge in [-0.1, -0.05) is 78.9 Å². The molecule has 0 saturated heterocycles. The second kappa shape index (κ2) is 7.32. The Balaban J connectivity index is 1.48. The number of aromatic nitrogens is 3. The lowest BCUT2D eigenvalue weighted by Crippen LogP contribution is -2.03. The maximum atomic E-state index is 5.31. The van der Waals surface area contributed by atoms with Gasteiger partial charge in [0.05, 0.1) is 22.1 Å². The van der Waals surface area contributed by atoms with Gasteiger partial charge < -0.3 is 0 Å². The molecule has 0 amide bonds. The van der Waals surface area contributed by atoms with E-state index in [1.54, 1.807) is 0 Å². The first kappa shape index (κ1) is 20.8. The highest BCUT2D eigenvalue weighted by Gasteiger charge is 2.26. The third-order valence-corrected chi connectivity index (χ3v) is 9.62. The van der Waals surface area contributed by atoms with Crippen LogP contribution in [0.5, 0.6) is 0 Å². The fourth-order valence-corrected chi connectivity index (χ4v) is 8.03. The average Bonchev–Trinajstić information content (AvgIpc) is 3.52. The summed E-state index contributed by atoms with van der Waals surface area (Å²) in [5, 5.41) is 7.97. The summed E-state index contributed by atoms with van der Waals surface area (Å²) in [7, 11) is 0. The molecule has 4 heteroatoms. The minimum atomic E-state index is 0.859. The molecule has 0 N–H and O–H groups in total. The summed E-state index contributed by atoms with van der Waals surface area (Å²) in [5.41, 5.74) is 8.65. The maximum absolute atomic E-state index is 5.31. The van der Waals surface area contributed by atoms with Crippen LogP contribution in [-0.2, 0) is 0 Å². The predicted octanol–water partition coefficient (Wildman–Crippen LogP) is 9.90. The molecule has 3 aromatic heterocycles. The van der Waals surface area contributed by atoms with Gasteiger partial charge in [-0.3, -0.25) is 4.57 Å². The molecule has 0 spiro atoms. The van der Waals surface area contributed by atoms with E-state index < -0.39 is 0 Å². The van der Waals surface area contributed by atoms with E-state index in [-0.39, 0.29) is 0 Å². The minimum absolute atomic E-state index is 0.859. The Hall–Kier alpha value is -5.06. The van der Waals surface area contributed by atoms with Gasteiger partial charge in [0, 0.05) is 41.9 Å². The summed E-state index contributed by atoms with van der Waals surface area (Å²) in [6, 6.07) is 41.2. The van der Waals surface area contributed by atoms with Crippen LogP contribution in [0, 0.1) is 0 Å². The number of benzene rings is 6. The molecular formula is C36H19N3S. The van der Waals surface area contributed by atoms with Crippen molar-refractivity contribution in [3.63, 3.8) is 0 Å². The number of thiophene rings is 1. The van der Waals surface area contributed by atoms with Crippen LogP contribution in [0.15, 0.2) is 115 Å². The molecule has 0 saturated carbocycles.